The van der Waals surface area contributed by atoms with Crippen LogP contribution in [0.5, 0.6) is 0 Å². The van der Waals surface area contributed by atoms with Crippen molar-refractivity contribution in [3.05, 3.63) is 64.1 Å². The minimum absolute atomic E-state index is 0.0534. The average Bonchev–Trinajstić information content (AvgIpc) is 2.73. The highest BCUT2D eigenvalue weighted by Gasteiger charge is 2.27. The van der Waals surface area contributed by atoms with Gasteiger partial charge in [0.1, 0.15) is 6.04 Å². The second kappa shape index (κ2) is 12.2. The Morgan fingerprint density at radius 2 is 1.73 bits per heavy atom. The molecule has 0 saturated carbocycles. The zero-order chi connectivity index (χ0) is 22.1. The molecule has 2 aromatic rings. The summed E-state index contributed by atoms with van der Waals surface area (Å²) >= 11 is 13.8. The number of rotatable bonds is 10. The van der Waals surface area contributed by atoms with Crippen molar-refractivity contribution >= 4 is 46.8 Å². The van der Waals surface area contributed by atoms with Crippen LogP contribution >= 0.6 is 35.0 Å². The van der Waals surface area contributed by atoms with Gasteiger partial charge in [0.25, 0.3) is 0 Å². The van der Waals surface area contributed by atoms with Crippen molar-refractivity contribution < 1.29 is 9.59 Å². The predicted octanol–water partition coefficient (Wildman–Crippen LogP) is 5.81. The Balaban J connectivity index is 2.08. The third-order valence-corrected chi connectivity index (χ3v) is 6.50. The molecule has 2 amide bonds. The summed E-state index contributed by atoms with van der Waals surface area (Å²) in [6, 6.07) is 14.4. The van der Waals surface area contributed by atoms with E-state index in [0.717, 1.165) is 16.9 Å². The fourth-order valence-corrected chi connectivity index (χ4v) is 3.95. The van der Waals surface area contributed by atoms with E-state index in [9.17, 15) is 9.59 Å². The lowest BCUT2D eigenvalue weighted by Gasteiger charge is -2.30. The van der Waals surface area contributed by atoms with Gasteiger partial charge in [-0.05, 0) is 56.2 Å². The highest BCUT2D eigenvalue weighted by atomic mass is 35.5. The smallest absolute Gasteiger partial charge is 0.242 e. The SMILES string of the molecule is CC[C@H](C)NC(=O)[C@H](C)N(Cc1ccccc1Cl)C(=O)CCSc1ccc(Cl)cc1. The molecule has 0 aromatic heterocycles. The number of carbonyl (C=O) groups is 2. The second-order valence-electron chi connectivity index (χ2n) is 7.16. The molecule has 0 aliphatic heterocycles. The van der Waals surface area contributed by atoms with E-state index < -0.39 is 6.04 Å². The van der Waals surface area contributed by atoms with E-state index in [1.165, 1.54) is 0 Å². The number of hydrogen-bond donors (Lipinski definition) is 1. The third-order valence-electron chi connectivity index (χ3n) is 4.87. The van der Waals surface area contributed by atoms with E-state index in [0.29, 0.717) is 28.8 Å². The summed E-state index contributed by atoms with van der Waals surface area (Å²) in [6.45, 7) is 6.02. The van der Waals surface area contributed by atoms with Gasteiger partial charge in [-0.2, -0.15) is 0 Å². The molecule has 4 nitrogen and oxygen atoms in total. The predicted molar refractivity (Wildman–Crippen MR) is 126 cm³/mol. The minimum Gasteiger partial charge on any atom is -0.352 e. The maximum absolute atomic E-state index is 13.1. The first-order chi connectivity index (χ1) is 14.3. The third kappa shape index (κ3) is 7.53. The zero-order valence-corrected chi connectivity index (χ0v) is 19.9. The van der Waals surface area contributed by atoms with E-state index in [-0.39, 0.29) is 17.9 Å². The lowest BCUT2D eigenvalue weighted by molar-refractivity contribution is -0.140. The molecule has 0 bridgehead atoms. The normalized spacial score (nSPS) is 12.8. The summed E-state index contributed by atoms with van der Waals surface area (Å²) < 4.78 is 0. The van der Waals surface area contributed by atoms with E-state index in [1.54, 1.807) is 29.7 Å². The topological polar surface area (TPSA) is 49.4 Å². The monoisotopic (exact) mass is 466 g/mol. The van der Waals surface area contributed by atoms with E-state index in [1.807, 2.05) is 56.3 Å². The van der Waals surface area contributed by atoms with Crippen LogP contribution in [0.1, 0.15) is 39.2 Å². The first kappa shape index (κ1) is 24.6. The number of nitrogens with zero attached hydrogens (tertiary/aromatic N) is 1. The first-order valence-corrected chi connectivity index (χ1v) is 11.8. The molecule has 0 radical (unpaired) electrons. The van der Waals surface area contributed by atoms with Crippen molar-refractivity contribution in [1.29, 1.82) is 0 Å². The van der Waals surface area contributed by atoms with Crippen LogP contribution in [0, 0.1) is 0 Å². The Hall–Kier alpha value is -1.69. The molecule has 0 heterocycles. The molecule has 0 saturated heterocycles. The van der Waals surface area contributed by atoms with E-state index in [4.69, 9.17) is 23.2 Å². The van der Waals surface area contributed by atoms with Crippen molar-refractivity contribution in [3.63, 3.8) is 0 Å². The van der Waals surface area contributed by atoms with Crippen LogP contribution in [0.3, 0.4) is 0 Å². The fourth-order valence-electron chi connectivity index (χ4n) is 2.79. The Morgan fingerprint density at radius 1 is 1.07 bits per heavy atom. The van der Waals surface area contributed by atoms with Gasteiger partial charge in [-0.25, -0.2) is 0 Å². The molecule has 2 atom stereocenters. The lowest BCUT2D eigenvalue weighted by Crippen LogP contribution is -2.49. The quantitative estimate of drug-likeness (QED) is 0.449. The van der Waals surface area contributed by atoms with Crippen LogP contribution < -0.4 is 5.32 Å². The van der Waals surface area contributed by atoms with Crippen molar-refractivity contribution in [2.75, 3.05) is 5.75 Å². The highest BCUT2D eigenvalue weighted by Crippen LogP contribution is 2.23. The van der Waals surface area contributed by atoms with Crippen LogP contribution in [0.4, 0.5) is 0 Å². The molecule has 0 aliphatic carbocycles. The Labute approximate surface area is 193 Å². The standard InChI is InChI=1S/C23H28Cl2N2O2S/c1-4-16(2)26-23(29)17(3)27(15-18-7-5-6-8-21(18)25)22(28)13-14-30-20-11-9-19(24)10-12-20/h5-12,16-17H,4,13-15H2,1-3H3,(H,26,29)/t16-,17-/m0/s1. The molecular weight excluding hydrogens is 439 g/mol. The Kier molecular flexibility index (Phi) is 10.0. The number of benzene rings is 2. The van der Waals surface area contributed by atoms with Crippen LogP contribution in [0.2, 0.25) is 10.0 Å². The number of amides is 2. The van der Waals surface area contributed by atoms with Gasteiger partial charge >= 0.3 is 0 Å². The van der Waals surface area contributed by atoms with Crippen molar-refractivity contribution in [3.8, 4) is 0 Å². The average molecular weight is 467 g/mol. The van der Waals surface area contributed by atoms with Gasteiger partial charge in [0, 0.05) is 39.7 Å². The van der Waals surface area contributed by atoms with Gasteiger partial charge in [0.15, 0.2) is 0 Å². The molecule has 0 unspecified atom stereocenters. The second-order valence-corrected chi connectivity index (χ2v) is 9.17. The van der Waals surface area contributed by atoms with Gasteiger partial charge < -0.3 is 10.2 Å². The molecule has 0 fully saturated rings. The number of carbonyl (C=O) groups excluding carboxylic acids is 2. The summed E-state index contributed by atoms with van der Waals surface area (Å²) in [5.74, 6) is 0.373. The molecule has 0 spiro atoms. The Morgan fingerprint density at radius 3 is 2.37 bits per heavy atom. The maximum atomic E-state index is 13.1. The summed E-state index contributed by atoms with van der Waals surface area (Å²) in [6.07, 6.45) is 1.15. The molecule has 1 N–H and O–H groups in total. The molecule has 2 aromatic carbocycles. The minimum atomic E-state index is -0.594. The van der Waals surface area contributed by atoms with Crippen LogP contribution in [0.15, 0.2) is 53.4 Å². The van der Waals surface area contributed by atoms with Gasteiger partial charge in [0.05, 0.1) is 0 Å². The number of halogens is 2. The summed E-state index contributed by atoms with van der Waals surface area (Å²) in [5.41, 5.74) is 0.820. The van der Waals surface area contributed by atoms with Crippen LogP contribution in [-0.4, -0.2) is 34.6 Å². The largest absolute Gasteiger partial charge is 0.352 e. The molecule has 2 rings (SSSR count). The number of hydrogen-bond acceptors (Lipinski definition) is 3. The van der Waals surface area contributed by atoms with Crippen molar-refractivity contribution in [2.45, 2.75) is 57.1 Å². The zero-order valence-electron chi connectivity index (χ0n) is 17.5. The van der Waals surface area contributed by atoms with Gasteiger partial charge in [-0.1, -0.05) is 48.3 Å². The van der Waals surface area contributed by atoms with Crippen LogP contribution in [0.25, 0.3) is 0 Å². The summed E-state index contributed by atoms with van der Waals surface area (Å²) in [4.78, 5) is 28.4. The fraction of sp³-hybridized carbons (Fsp3) is 0.391. The van der Waals surface area contributed by atoms with Crippen LogP contribution in [-0.2, 0) is 16.1 Å². The summed E-state index contributed by atoms with van der Waals surface area (Å²) in [5, 5.41) is 4.24. The molecule has 0 aliphatic rings. The molecular formula is C23H28Cl2N2O2S. The highest BCUT2D eigenvalue weighted by molar-refractivity contribution is 7.99. The summed E-state index contributed by atoms with van der Waals surface area (Å²) in [7, 11) is 0. The number of nitrogens with one attached hydrogen (secondary N) is 1. The lowest BCUT2D eigenvalue weighted by atomic mass is 10.1. The van der Waals surface area contributed by atoms with Gasteiger partial charge in [0.2, 0.25) is 11.8 Å². The van der Waals surface area contributed by atoms with Gasteiger partial charge in [-0.15, -0.1) is 11.8 Å². The Bertz CT molecular complexity index is 845. The molecule has 30 heavy (non-hydrogen) atoms. The first-order valence-electron chi connectivity index (χ1n) is 10.0. The molecule has 7 heteroatoms. The number of thioether (sulfide) groups is 1. The van der Waals surface area contributed by atoms with Gasteiger partial charge in [-0.3, -0.25) is 9.59 Å². The van der Waals surface area contributed by atoms with Crippen molar-refractivity contribution in [1.82, 2.24) is 10.2 Å². The molecule has 162 valence electrons. The van der Waals surface area contributed by atoms with E-state index >= 15 is 0 Å². The van der Waals surface area contributed by atoms with Crippen molar-refractivity contribution in [2.24, 2.45) is 0 Å². The maximum Gasteiger partial charge on any atom is 0.242 e. The van der Waals surface area contributed by atoms with E-state index in [2.05, 4.69) is 5.32 Å².